The van der Waals surface area contributed by atoms with Gasteiger partial charge in [0.1, 0.15) is 12.4 Å². The Labute approximate surface area is 106 Å². The summed E-state index contributed by atoms with van der Waals surface area (Å²) in [6.45, 7) is 4.26. The van der Waals surface area contributed by atoms with Gasteiger partial charge in [0, 0.05) is 12.7 Å². The van der Waals surface area contributed by atoms with Gasteiger partial charge in [0.25, 0.3) is 0 Å². The van der Waals surface area contributed by atoms with Gasteiger partial charge in [-0.1, -0.05) is 17.7 Å². The van der Waals surface area contributed by atoms with E-state index in [-0.39, 0.29) is 5.78 Å². The fourth-order valence-electron chi connectivity index (χ4n) is 1.83. The average Bonchev–Trinajstić information content (AvgIpc) is 2.80. The van der Waals surface area contributed by atoms with Crippen LogP contribution in [0.15, 0.2) is 34.7 Å². The number of carbonyl (C=O) groups excluding carboxylic acids is 1. The lowest BCUT2D eigenvalue weighted by Crippen LogP contribution is -2.02. The lowest BCUT2D eigenvalue weighted by atomic mass is 10.0. The van der Waals surface area contributed by atoms with Gasteiger partial charge in [0.2, 0.25) is 5.78 Å². The largest absolute Gasteiger partial charge is 0.455 e. The van der Waals surface area contributed by atoms with E-state index in [9.17, 15) is 4.79 Å². The molecule has 94 valence electrons. The summed E-state index contributed by atoms with van der Waals surface area (Å²) in [6.07, 6.45) is 0. The Balaban J connectivity index is 2.32. The third-order valence-electron chi connectivity index (χ3n) is 2.81. The summed E-state index contributed by atoms with van der Waals surface area (Å²) in [5.41, 5.74) is 2.70. The van der Waals surface area contributed by atoms with Crippen LogP contribution in [0.5, 0.6) is 0 Å². The topological polar surface area (TPSA) is 39.4 Å². The number of hydrogen-bond donors (Lipinski definition) is 0. The summed E-state index contributed by atoms with van der Waals surface area (Å²) in [6, 6.07) is 9.28. The number of furan rings is 1. The Morgan fingerprint density at radius 1 is 1.22 bits per heavy atom. The maximum atomic E-state index is 12.3. The molecule has 0 radical (unpaired) electrons. The maximum Gasteiger partial charge on any atom is 0.228 e. The van der Waals surface area contributed by atoms with Gasteiger partial charge in [-0.2, -0.15) is 0 Å². The summed E-state index contributed by atoms with van der Waals surface area (Å²) in [7, 11) is 1.59. The van der Waals surface area contributed by atoms with Gasteiger partial charge in [0.05, 0.1) is 0 Å². The van der Waals surface area contributed by atoms with Crippen molar-refractivity contribution in [1.82, 2.24) is 0 Å². The second-order valence-corrected chi connectivity index (χ2v) is 4.35. The molecule has 18 heavy (non-hydrogen) atoms. The Morgan fingerprint density at radius 2 is 2.00 bits per heavy atom. The lowest BCUT2D eigenvalue weighted by molar-refractivity contribution is 0.0999. The molecule has 0 unspecified atom stereocenters. The molecule has 0 fully saturated rings. The van der Waals surface area contributed by atoms with E-state index in [2.05, 4.69) is 0 Å². The van der Waals surface area contributed by atoms with Crippen LogP contribution >= 0.6 is 0 Å². The van der Waals surface area contributed by atoms with E-state index in [4.69, 9.17) is 9.15 Å². The first-order valence-electron chi connectivity index (χ1n) is 5.81. The highest BCUT2D eigenvalue weighted by Gasteiger charge is 2.15. The zero-order valence-corrected chi connectivity index (χ0v) is 10.8. The molecule has 1 aromatic heterocycles. The Kier molecular flexibility index (Phi) is 3.63. The van der Waals surface area contributed by atoms with Crippen LogP contribution in [-0.4, -0.2) is 12.9 Å². The van der Waals surface area contributed by atoms with E-state index in [0.29, 0.717) is 23.7 Å². The van der Waals surface area contributed by atoms with Crippen LogP contribution in [0.2, 0.25) is 0 Å². The number of rotatable bonds is 4. The van der Waals surface area contributed by atoms with Crippen molar-refractivity contribution < 1.29 is 13.9 Å². The standard InChI is InChI=1S/C15H16O3/c1-10-4-5-11(2)13(8-10)15(16)14-7-6-12(18-14)9-17-3/h4-8H,9H2,1-3H3. The summed E-state index contributed by atoms with van der Waals surface area (Å²) < 4.78 is 10.4. The van der Waals surface area contributed by atoms with Gasteiger partial charge in [-0.05, 0) is 37.6 Å². The minimum absolute atomic E-state index is 0.0847. The van der Waals surface area contributed by atoms with Crippen LogP contribution in [0.4, 0.5) is 0 Å². The predicted octanol–water partition coefficient (Wildman–Crippen LogP) is 3.27. The van der Waals surface area contributed by atoms with Crippen molar-refractivity contribution >= 4 is 5.78 Å². The highest BCUT2D eigenvalue weighted by atomic mass is 16.5. The third kappa shape index (κ3) is 2.51. The van der Waals surface area contributed by atoms with E-state index < -0.39 is 0 Å². The second-order valence-electron chi connectivity index (χ2n) is 4.35. The van der Waals surface area contributed by atoms with Crippen LogP contribution in [0.3, 0.4) is 0 Å². The fraction of sp³-hybridized carbons (Fsp3) is 0.267. The number of carbonyl (C=O) groups is 1. The SMILES string of the molecule is COCc1ccc(C(=O)c2cc(C)ccc2C)o1. The van der Waals surface area contributed by atoms with Crippen LogP contribution in [0, 0.1) is 13.8 Å². The number of hydrogen-bond acceptors (Lipinski definition) is 3. The average molecular weight is 244 g/mol. The van der Waals surface area contributed by atoms with Gasteiger partial charge in [-0.25, -0.2) is 0 Å². The molecular formula is C15H16O3. The molecule has 0 aliphatic carbocycles. The number of benzene rings is 1. The highest BCUT2D eigenvalue weighted by molar-refractivity contribution is 6.08. The molecule has 0 amide bonds. The van der Waals surface area contributed by atoms with Crippen molar-refractivity contribution in [3.05, 3.63) is 58.5 Å². The molecule has 3 nitrogen and oxygen atoms in total. The minimum Gasteiger partial charge on any atom is -0.455 e. The summed E-state index contributed by atoms with van der Waals surface area (Å²) in [5.74, 6) is 0.931. The van der Waals surface area contributed by atoms with E-state index in [1.54, 1.807) is 19.2 Å². The van der Waals surface area contributed by atoms with Crippen molar-refractivity contribution in [2.75, 3.05) is 7.11 Å². The molecule has 0 bridgehead atoms. The minimum atomic E-state index is -0.0847. The van der Waals surface area contributed by atoms with Gasteiger partial charge >= 0.3 is 0 Å². The van der Waals surface area contributed by atoms with Gasteiger partial charge in [-0.15, -0.1) is 0 Å². The van der Waals surface area contributed by atoms with Gasteiger partial charge in [-0.3, -0.25) is 4.79 Å². The molecule has 1 aromatic carbocycles. The monoisotopic (exact) mass is 244 g/mol. The predicted molar refractivity (Wildman–Crippen MR) is 68.8 cm³/mol. The molecule has 2 aromatic rings. The molecule has 0 saturated carbocycles. The molecule has 0 aliphatic heterocycles. The molecular weight excluding hydrogens is 228 g/mol. The van der Waals surface area contributed by atoms with Crippen LogP contribution < -0.4 is 0 Å². The first kappa shape index (κ1) is 12.6. The molecule has 0 saturated heterocycles. The van der Waals surface area contributed by atoms with Crippen molar-refractivity contribution in [2.45, 2.75) is 20.5 Å². The normalized spacial score (nSPS) is 10.6. The summed E-state index contributed by atoms with van der Waals surface area (Å²) in [5, 5.41) is 0. The maximum absolute atomic E-state index is 12.3. The second kappa shape index (κ2) is 5.19. The van der Waals surface area contributed by atoms with Crippen molar-refractivity contribution in [1.29, 1.82) is 0 Å². The molecule has 0 aliphatic rings. The van der Waals surface area contributed by atoms with E-state index >= 15 is 0 Å². The number of aryl methyl sites for hydroxylation is 2. The quantitative estimate of drug-likeness (QED) is 0.775. The number of methoxy groups -OCH3 is 1. The van der Waals surface area contributed by atoms with Crippen LogP contribution in [-0.2, 0) is 11.3 Å². The van der Waals surface area contributed by atoms with E-state index in [1.165, 1.54) is 0 Å². The number of ether oxygens (including phenoxy) is 1. The highest BCUT2D eigenvalue weighted by Crippen LogP contribution is 2.18. The third-order valence-corrected chi connectivity index (χ3v) is 2.81. The van der Waals surface area contributed by atoms with Gasteiger partial charge < -0.3 is 9.15 Å². The van der Waals surface area contributed by atoms with E-state index in [1.807, 2.05) is 32.0 Å². The Bertz CT molecular complexity index is 567. The molecule has 1 heterocycles. The van der Waals surface area contributed by atoms with Crippen LogP contribution in [0.25, 0.3) is 0 Å². The van der Waals surface area contributed by atoms with E-state index in [0.717, 1.165) is 11.1 Å². The molecule has 0 N–H and O–H groups in total. The Hall–Kier alpha value is -1.87. The first-order valence-corrected chi connectivity index (χ1v) is 5.81. The zero-order valence-electron chi connectivity index (χ0n) is 10.8. The lowest BCUT2D eigenvalue weighted by Gasteiger charge is -2.04. The molecule has 0 atom stereocenters. The van der Waals surface area contributed by atoms with Crippen molar-refractivity contribution in [2.24, 2.45) is 0 Å². The first-order chi connectivity index (χ1) is 8.61. The molecule has 2 rings (SSSR count). The number of ketones is 1. The molecule has 0 spiro atoms. The van der Waals surface area contributed by atoms with Gasteiger partial charge in [0.15, 0.2) is 5.76 Å². The fourth-order valence-corrected chi connectivity index (χ4v) is 1.83. The zero-order chi connectivity index (χ0) is 13.1. The van der Waals surface area contributed by atoms with Crippen molar-refractivity contribution in [3.63, 3.8) is 0 Å². The van der Waals surface area contributed by atoms with Crippen LogP contribution in [0.1, 0.15) is 33.0 Å². The smallest absolute Gasteiger partial charge is 0.228 e. The summed E-state index contributed by atoms with van der Waals surface area (Å²) in [4.78, 5) is 12.3. The van der Waals surface area contributed by atoms with Crippen molar-refractivity contribution in [3.8, 4) is 0 Å². The Morgan fingerprint density at radius 3 is 2.72 bits per heavy atom. The summed E-state index contributed by atoms with van der Waals surface area (Å²) >= 11 is 0. The molecule has 3 heteroatoms.